The van der Waals surface area contributed by atoms with Crippen molar-refractivity contribution in [2.45, 2.75) is 13.0 Å². The number of fused-ring (bicyclic) bond motifs is 1. The minimum Gasteiger partial charge on any atom is -0.507 e. The number of nitrogens with zero attached hydrogens (tertiary/aromatic N) is 1. The number of carbonyl (C=O) groups is 1. The molecule has 0 unspecified atom stereocenters. The van der Waals surface area contributed by atoms with Crippen molar-refractivity contribution >= 4 is 29.1 Å². The summed E-state index contributed by atoms with van der Waals surface area (Å²) in [5.74, 6) is -0.0403. The van der Waals surface area contributed by atoms with Crippen LogP contribution in [0.2, 0.25) is 0 Å². The summed E-state index contributed by atoms with van der Waals surface area (Å²) >= 11 is 0. The molecule has 2 aromatic carbocycles. The first-order chi connectivity index (χ1) is 9.65. The van der Waals surface area contributed by atoms with E-state index in [9.17, 15) is 9.90 Å². The molecule has 0 aliphatic carbocycles. The molecule has 1 amide bonds. The van der Waals surface area contributed by atoms with E-state index in [1.54, 1.807) is 17.0 Å². The van der Waals surface area contributed by atoms with Gasteiger partial charge in [0.2, 0.25) is 0 Å². The average molecular weight is 307 g/mol. The maximum Gasteiger partial charge on any atom is 0.257 e. The number of carbonyl (C=O) groups excluding carboxylic acids is 1. The molecule has 0 saturated carbocycles. The molecule has 1 heterocycles. The Morgan fingerprint density at radius 3 is 2.62 bits per heavy atom. The topological polar surface area (TPSA) is 52.6 Å². The molecule has 3 rings (SSSR count). The van der Waals surface area contributed by atoms with Crippen molar-refractivity contribution in [3.8, 4) is 5.75 Å². The van der Waals surface area contributed by atoms with Gasteiger partial charge < -0.3 is 15.3 Å². The maximum absolute atomic E-state index is 12.5. The summed E-state index contributed by atoms with van der Waals surface area (Å²) in [5, 5.41) is 15.3. The van der Waals surface area contributed by atoms with Crippen LogP contribution in [0.15, 0.2) is 36.4 Å². The minimum absolute atomic E-state index is 0. The Hall–Kier alpha value is -1.78. The third-order valence-corrected chi connectivity index (χ3v) is 3.75. The van der Waals surface area contributed by atoms with Crippen molar-refractivity contribution in [1.29, 1.82) is 0 Å². The van der Waals surface area contributed by atoms with E-state index in [0.29, 0.717) is 18.7 Å². The third-order valence-electron chi connectivity index (χ3n) is 3.75. The normalized spacial score (nSPS) is 18.3. The predicted molar refractivity (Wildman–Crippen MR) is 86.2 cm³/mol. The minimum atomic E-state index is -0.0957. The lowest BCUT2D eigenvalue weighted by Crippen LogP contribution is -2.51. The first-order valence-electron chi connectivity index (χ1n) is 6.89. The van der Waals surface area contributed by atoms with E-state index < -0.39 is 0 Å². The van der Waals surface area contributed by atoms with Gasteiger partial charge in [0.25, 0.3) is 5.91 Å². The molecule has 0 radical (unpaired) electrons. The summed E-state index contributed by atoms with van der Waals surface area (Å²) in [6.07, 6.45) is 0. The van der Waals surface area contributed by atoms with Crippen LogP contribution in [0.4, 0.5) is 0 Å². The number of benzene rings is 2. The monoisotopic (exact) mass is 306 g/mol. The average Bonchev–Trinajstić information content (AvgIpc) is 2.46. The van der Waals surface area contributed by atoms with E-state index >= 15 is 0 Å². The number of phenolic OH excluding ortho intramolecular Hbond substituents is 1. The van der Waals surface area contributed by atoms with Crippen molar-refractivity contribution in [3.05, 3.63) is 42.0 Å². The van der Waals surface area contributed by atoms with Gasteiger partial charge in [0, 0.05) is 25.7 Å². The molecule has 21 heavy (non-hydrogen) atoms. The Morgan fingerprint density at radius 1 is 1.29 bits per heavy atom. The Morgan fingerprint density at radius 2 is 1.95 bits per heavy atom. The van der Waals surface area contributed by atoms with Gasteiger partial charge in [0.15, 0.2) is 0 Å². The summed E-state index contributed by atoms with van der Waals surface area (Å²) in [7, 11) is 0. The molecule has 2 N–H and O–H groups in total. The fourth-order valence-corrected chi connectivity index (χ4v) is 2.69. The van der Waals surface area contributed by atoms with Crippen LogP contribution in [-0.2, 0) is 0 Å². The fourth-order valence-electron chi connectivity index (χ4n) is 2.69. The molecule has 1 atom stereocenters. The Balaban J connectivity index is 0.00000161. The van der Waals surface area contributed by atoms with E-state index in [4.69, 9.17) is 0 Å². The number of halogens is 1. The first-order valence-corrected chi connectivity index (χ1v) is 6.89. The smallest absolute Gasteiger partial charge is 0.257 e. The quantitative estimate of drug-likeness (QED) is 0.850. The van der Waals surface area contributed by atoms with Gasteiger partial charge in [-0.15, -0.1) is 12.4 Å². The van der Waals surface area contributed by atoms with E-state index in [-0.39, 0.29) is 30.1 Å². The molecule has 0 spiro atoms. The zero-order valence-corrected chi connectivity index (χ0v) is 12.7. The van der Waals surface area contributed by atoms with Crippen LogP contribution in [-0.4, -0.2) is 41.6 Å². The van der Waals surface area contributed by atoms with Crippen molar-refractivity contribution < 1.29 is 9.90 Å². The number of amides is 1. The Kier molecular flexibility index (Phi) is 4.70. The third kappa shape index (κ3) is 3.12. The largest absolute Gasteiger partial charge is 0.507 e. The van der Waals surface area contributed by atoms with Crippen LogP contribution in [0.5, 0.6) is 5.75 Å². The predicted octanol–water partition coefficient (Wildman–Crippen LogP) is 2.40. The van der Waals surface area contributed by atoms with Gasteiger partial charge in [-0.2, -0.15) is 0 Å². The van der Waals surface area contributed by atoms with Crippen molar-refractivity contribution in [2.75, 3.05) is 19.6 Å². The molecule has 1 saturated heterocycles. The molecule has 1 aliphatic heterocycles. The molecule has 0 aromatic heterocycles. The molecular formula is C16H19ClN2O2. The van der Waals surface area contributed by atoms with E-state index in [2.05, 4.69) is 12.2 Å². The summed E-state index contributed by atoms with van der Waals surface area (Å²) in [4.78, 5) is 14.3. The highest BCUT2D eigenvalue weighted by atomic mass is 35.5. The summed E-state index contributed by atoms with van der Waals surface area (Å²) in [6.45, 7) is 4.20. The highest BCUT2D eigenvalue weighted by Crippen LogP contribution is 2.26. The van der Waals surface area contributed by atoms with Gasteiger partial charge in [-0.1, -0.05) is 24.3 Å². The zero-order valence-electron chi connectivity index (χ0n) is 11.9. The molecule has 1 aliphatic rings. The molecule has 1 fully saturated rings. The first kappa shape index (κ1) is 15.6. The van der Waals surface area contributed by atoms with Crippen molar-refractivity contribution in [1.82, 2.24) is 10.2 Å². The zero-order chi connectivity index (χ0) is 14.1. The summed E-state index contributed by atoms with van der Waals surface area (Å²) in [6, 6.07) is 11.5. The van der Waals surface area contributed by atoms with Gasteiger partial charge in [-0.05, 0) is 29.8 Å². The molecule has 112 valence electrons. The number of rotatable bonds is 1. The lowest BCUT2D eigenvalue weighted by molar-refractivity contribution is 0.0706. The highest BCUT2D eigenvalue weighted by Gasteiger charge is 2.23. The second-order valence-corrected chi connectivity index (χ2v) is 5.32. The van der Waals surface area contributed by atoms with Crippen LogP contribution in [0.1, 0.15) is 17.3 Å². The number of hydrogen-bond acceptors (Lipinski definition) is 3. The summed E-state index contributed by atoms with van der Waals surface area (Å²) < 4.78 is 0. The molecule has 2 aromatic rings. The van der Waals surface area contributed by atoms with Gasteiger partial charge >= 0.3 is 0 Å². The van der Waals surface area contributed by atoms with Gasteiger partial charge in [0.05, 0.1) is 5.56 Å². The lowest BCUT2D eigenvalue weighted by atomic mass is 10.0. The number of nitrogens with one attached hydrogen (secondary N) is 1. The van der Waals surface area contributed by atoms with Crippen molar-refractivity contribution in [2.24, 2.45) is 0 Å². The van der Waals surface area contributed by atoms with Crippen LogP contribution in [0.25, 0.3) is 10.8 Å². The van der Waals surface area contributed by atoms with Crippen LogP contribution in [0.3, 0.4) is 0 Å². The van der Waals surface area contributed by atoms with Crippen molar-refractivity contribution in [3.63, 3.8) is 0 Å². The molecule has 4 nitrogen and oxygen atoms in total. The second-order valence-electron chi connectivity index (χ2n) is 5.32. The number of aromatic hydroxyl groups is 1. The van der Waals surface area contributed by atoms with E-state index in [0.717, 1.165) is 17.3 Å². The van der Waals surface area contributed by atoms with Crippen LogP contribution >= 0.6 is 12.4 Å². The molecule has 5 heteroatoms. The Labute approximate surface area is 130 Å². The fraction of sp³-hybridized carbons (Fsp3) is 0.312. The van der Waals surface area contributed by atoms with Gasteiger partial charge in [-0.25, -0.2) is 0 Å². The van der Waals surface area contributed by atoms with E-state index in [1.165, 1.54) is 0 Å². The number of phenols is 1. The Bertz CT molecular complexity index is 660. The molecular weight excluding hydrogens is 288 g/mol. The highest BCUT2D eigenvalue weighted by molar-refractivity contribution is 6.01. The van der Waals surface area contributed by atoms with Gasteiger partial charge in [-0.3, -0.25) is 4.79 Å². The molecule has 0 bridgehead atoms. The number of piperazine rings is 1. The number of hydrogen-bond donors (Lipinski definition) is 2. The summed E-state index contributed by atoms with van der Waals surface area (Å²) in [5.41, 5.74) is 0.387. The standard InChI is InChI=1S/C16H18N2O2.ClH/c1-11-10-18(7-6-17-11)16(20)14-8-12-4-2-3-5-13(12)9-15(14)19;/h2-5,8-9,11,17,19H,6-7,10H2,1H3;1H/t11-;/m1./s1. The van der Waals surface area contributed by atoms with Gasteiger partial charge in [0.1, 0.15) is 5.75 Å². The second kappa shape index (κ2) is 6.33. The van der Waals surface area contributed by atoms with Crippen LogP contribution in [0, 0.1) is 0 Å². The maximum atomic E-state index is 12.5. The SMILES string of the molecule is C[C@@H]1CN(C(=O)c2cc3ccccc3cc2O)CCN1.Cl. The lowest BCUT2D eigenvalue weighted by Gasteiger charge is -2.32. The van der Waals surface area contributed by atoms with E-state index in [1.807, 2.05) is 24.3 Å². The van der Waals surface area contributed by atoms with Crippen LogP contribution < -0.4 is 5.32 Å².